The lowest BCUT2D eigenvalue weighted by atomic mass is 9.46. The molecule has 0 aromatic carbocycles. The third kappa shape index (κ3) is 2.89. The number of rotatable bonds is 4. The smallest absolute Gasteiger partial charge is 0.329 e. The molecule has 0 aromatic rings. The van der Waals surface area contributed by atoms with Crippen LogP contribution in [0.2, 0.25) is 0 Å². The fourth-order valence-corrected chi connectivity index (χ4v) is 7.65. The van der Waals surface area contributed by atoms with E-state index in [1.165, 1.54) is 5.57 Å². The number of carboxylic acid groups (broad SMARTS) is 1. The molecule has 0 amide bonds. The molecule has 28 heavy (non-hydrogen) atoms. The van der Waals surface area contributed by atoms with Crippen molar-refractivity contribution in [1.29, 1.82) is 0 Å². The van der Waals surface area contributed by atoms with Gasteiger partial charge in [-0.15, -0.1) is 0 Å². The third-order valence-corrected chi connectivity index (χ3v) is 8.78. The minimum absolute atomic E-state index is 0.0482. The average molecular weight is 389 g/mol. The van der Waals surface area contributed by atoms with Crippen LogP contribution >= 0.6 is 0 Å². The van der Waals surface area contributed by atoms with Crippen molar-refractivity contribution in [1.82, 2.24) is 0 Å². The van der Waals surface area contributed by atoms with E-state index in [1.807, 2.05) is 6.08 Å². The Balaban J connectivity index is 1.74. The fraction of sp³-hybridized carbons (Fsp3) is 0.783. The normalized spacial score (nSPS) is 44.9. The summed E-state index contributed by atoms with van der Waals surface area (Å²) in [6, 6.07) is 0. The number of ketones is 2. The van der Waals surface area contributed by atoms with Gasteiger partial charge >= 0.3 is 5.97 Å². The maximum absolute atomic E-state index is 12.4. The van der Waals surface area contributed by atoms with Gasteiger partial charge in [-0.3, -0.25) is 9.59 Å². The Hall–Kier alpha value is -1.49. The quantitative estimate of drug-likeness (QED) is 0.792. The highest BCUT2D eigenvalue weighted by Crippen LogP contribution is 2.67. The molecule has 3 fully saturated rings. The van der Waals surface area contributed by atoms with Gasteiger partial charge in [-0.25, -0.2) is 4.79 Å². The van der Waals surface area contributed by atoms with Crippen molar-refractivity contribution in [2.45, 2.75) is 71.8 Å². The molecule has 4 aliphatic carbocycles. The Morgan fingerprint density at radius 1 is 1.21 bits per heavy atom. The van der Waals surface area contributed by atoms with E-state index in [0.717, 1.165) is 38.5 Å². The molecule has 3 saturated carbocycles. The first-order valence-electron chi connectivity index (χ1n) is 10.7. The Labute approximate surface area is 166 Å². The molecular formula is C23H32O5. The van der Waals surface area contributed by atoms with Crippen molar-refractivity contribution < 1.29 is 24.2 Å². The van der Waals surface area contributed by atoms with E-state index in [9.17, 15) is 19.5 Å². The van der Waals surface area contributed by atoms with Crippen LogP contribution in [-0.4, -0.2) is 35.4 Å². The number of fused-ring (bicyclic) bond motifs is 5. The van der Waals surface area contributed by atoms with Crippen molar-refractivity contribution in [3.05, 3.63) is 11.6 Å². The van der Waals surface area contributed by atoms with Gasteiger partial charge in [0.05, 0.1) is 6.10 Å². The maximum Gasteiger partial charge on any atom is 0.329 e. The zero-order valence-corrected chi connectivity index (χ0v) is 17.2. The summed E-state index contributed by atoms with van der Waals surface area (Å²) in [4.78, 5) is 35.7. The summed E-state index contributed by atoms with van der Waals surface area (Å²) in [5, 5.41) is 9.23. The van der Waals surface area contributed by atoms with Crippen LogP contribution in [0.25, 0.3) is 0 Å². The summed E-state index contributed by atoms with van der Waals surface area (Å²) < 4.78 is 6.03. The third-order valence-electron chi connectivity index (χ3n) is 8.78. The Morgan fingerprint density at radius 2 is 1.96 bits per heavy atom. The second-order valence-electron chi connectivity index (χ2n) is 10.1. The lowest BCUT2D eigenvalue weighted by Gasteiger charge is -2.60. The van der Waals surface area contributed by atoms with Crippen LogP contribution < -0.4 is 0 Å². The monoisotopic (exact) mass is 388 g/mol. The number of allylic oxidation sites excluding steroid dienone is 1. The van der Waals surface area contributed by atoms with E-state index < -0.39 is 5.97 Å². The largest absolute Gasteiger partial charge is 0.480 e. The molecule has 0 unspecified atom stereocenters. The number of aliphatic carboxylic acids is 1. The standard InChI is InChI=1S/C23H32O5/c1-13(24)17-6-7-18-16-5-4-14-10-15(25)8-9-22(14,2)21(16)19(11-23(17,18)3)28-12-20(26)27/h10,16-19,21H,4-9,11-12H2,1-3H3,(H,26,27)/t16-,17+,18-,19+,21+,22-,23+/m0/s1. The van der Waals surface area contributed by atoms with E-state index in [0.29, 0.717) is 18.3 Å². The van der Waals surface area contributed by atoms with Gasteiger partial charge in [0.25, 0.3) is 0 Å². The summed E-state index contributed by atoms with van der Waals surface area (Å²) >= 11 is 0. The second-order valence-corrected chi connectivity index (χ2v) is 10.1. The van der Waals surface area contributed by atoms with E-state index in [-0.39, 0.29) is 46.9 Å². The van der Waals surface area contributed by atoms with Gasteiger partial charge in [0.1, 0.15) is 12.4 Å². The highest BCUT2D eigenvalue weighted by atomic mass is 16.5. The molecule has 1 N–H and O–H groups in total. The first kappa shape index (κ1) is 19.8. The molecule has 4 aliphatic rings. The summed E-state index contributed by atoms with van der Waals surface area (Å²) in [6.07, 6.45) is 7.76. The zero-order chi connectivity index (χ0) is 20.3. The van der Waals surface area contributed by atoms with Gasteiger partial charge in [0.15, 0.2) is 5.78 Å². The van der Waals surface area contributed by atoms with Gasteiger partial charge in [-0.2, -0.15) is 0 Å². The van der Waals surface area contributed by atoms with Gasteiger partial charge in [0, 0.05) is 12.3 Å². The van der Waals surface area contributed by atoms with E-state index in [1.54, 1.807) is 6.92 Å². The summed E-state index contributed by atoms with van der Waals surface area (Å²) in [7, 11) is 0. The summed E-state index contributed by atoms with van der Waals surface area (Å²) in [5.41, 5.74) is 1.02. The lowest BCUT2D eigenvalue weighted by Crippen LogP contribution is -2.57. The van der Waals surface area contributed by atoms with Gasteiger partial charge < -0.3 is 9.84 Å². The molecule has 7 atom stereocenters. The minimum atomic E-state index is -0.950. The zero-order valence-electron chi connectivity index (χ0n) is 17.2. The second kappa shape index (κ2) is 6.79. The summed E-state index contributed by atoms with van der Waals surface area (Å²) in [5.74, 6) is 0.701. The molecule has 5 heteroatoms. The number of Topliss-reactive ketones (excluding diaryl/α,β-unsaturated/α-hetero) is 1. The predicted octanol–water partition coefficient (Wildman–Crippen LogP) is 3.80. The minimum Gasteiger partial charge on any atom is -0.480 e. The average Bonchev–Trinajstić information content (AvgIpc) is 2.97. The van der Waals surface area contributed by atoms with Crippen LogP contribution in [0.4, 0.5) is 0 Å². The number of carbonyl (C=O) groups excluding carboxylic acids is 2. The van der Waals surface area contributed by atoms with Gasteiger partial charge in [0.2, 0.25) is 0 Å². The molecule has 0 aliphatic heterocycles. The number of hydrogen-bond acceptors (Lipinski definition) is 4. The van der Waals surface area contributed by atoms with Gasteiger partial charge in [-0.05, 0) is 80.1 Å². The predicted molar refractivity (Wildman–Crippen MR) is 104 cm³/mol. The van der Waals surface area contributed by atoms with Crippen LogP contribution in [-0.2, 0) is 19.1 Å². The molecule has 5 nitrogen and oxygen atoms in total. The van der Waals surface area contributed by atoms with Gasteiger partial charge in [-0.1, -0.05) is 19.4 Å². The molecule has 0 saturated heterocycles. The van der Waals surface area contributed by atoms with E-state index in [4.69, 9.17) is 4.74 Å². The highest BCUT2D eigenvalue weighted by molar-refractivity contribution is 5.91. The topological polar surface area (TPSA) is 80.7 Å². The van der Waals surface area contributed by atoms with Crippen LogP contribution in [0.15, 0.2) is 11.6 Å². The van der Waals surface area contributed by atoms with E-state index in [2.05, 4.69) is 13.8 Å². The molecule has 154 valence electrons. The molecule has 0 heterocycles. The van der Waals surface area contributed by atoms with Crippen LogP contribution in [0, 0.1) is 34.5 Å². The van der Waals surface area contributed by atoms with Crippen molar-refractivity contribution >= 4 is 17.5 Å². The molecule has 0 spiro atoms. The number of ether oxygens (including phenoxy) is 1. The van der Waals surface area contributed by atoms with Crippen LogP contribution in [0.5, 0.6) is 0 Å². The van der Waals surface area contributed by atoms with Crippen LogP contribution in [0.1, 0.15) is 65.7 Å². The maximum atomic E-state index is 12.4. The first-order chi connectivity index (χ1) is 13.2. The SMILES string of the molecule is CC(=O)[C@H]1CC[C@H]2[C@@H]3CCC4=CC(=O)CC[C@]4(C)[C@H]3[C@H](OCC(=O)O)C[C@]12C. The first-order valence-corrected chi connectivity index (χ1v) is 10.7. The van der Waals surface area contributed by atoms with Crippen LogP contribution in [0.3, 0.4) is 0 Å². The number of carbonyl (C=O) groups is 3. The molecular weight excluding hydrogens is 356 g/mol. The van der Waals surface area contributed by atoms with Crippen molar-refractivity contribution in [3.63, 3.8) is 0 Å². The Kier molecular flexibility index (Phi) is 4.80. The lowest BCUT2D eigenvalue weighted by molar-refractivity contribution is -0.170. The highest BCUT2D eigenvalue weighted by Gasteiger charge is 2.63. The van der Waals surface area contributed by atoms with Crippen molar-refractivity contribution in [3.8, 4) is 0 Å². The van der Waals surface area contributed by atoms with Crippen molar-refractivity contribution in [2.75, 3.05) is 6.61 Å². The number of hydrogen-bond donors (Lipinski definition) is 1. The molecule has 0 aromatic heterocycles. The Morgan fingerprint density at radius 3 is 2.64 bits per heavy atom. The van der Waals surface area contributed by atoms with E-state index >= 15 is 0 Å². The van der Waals surface area contributed by atoms with Crippen molar-refractivity contribution in [2.24, 2.45) is 34.5 Å². The molecule has 0 radical (unpaired) electrons. The summed E-state index contributed by atoms with van der Waals surface area (Å²) in [6.45, 7) is 5.90. The molecule has 4 rings (SSSR count). The Bertz CT molecular complexity index is 739. The fourth-order valence-electron chi connectivity index (χ4n) is 7.65. The molecule has 0 bridgehead atoms. The number of carboxylic acids is 1.